The van der Waals surface area contributed by atoms with Gasteiger partial charge in [-0.15, -0.1) is 0 Å². The van der Waals surface area contributed by atoms with Crippen LogP contribution in [-0.4, -0.2) is 13.1 Å². The largest absolute Gasteiger partial charge is 0.265 e. The Morgan fingerprint density at radius 1 is 1.25 bits per heavy atom. The van der Waals surface area contributed by atoms with Gasteiger partial charge in [0.15, 0.2) is 0 Å². The summed E-state index contributed by atoms with van der Waals surface area (Å²) in [4.78, 5) is 3.86. The monoisotopic (exact) mass is 183 g/mol. The van der Waals surface area contributed by atoms with Gasteiger partial charge >= 0.3 is 0 Å². The third-order valence-corrected chi connectivity index (χ3v) is 3.61. The average Bonchev–Trinajstić information content (AvgIpc) is 2.03. The van der Waals surface area contributed by atoms with E-state index in [0.717, 1.165) is 5.56 Å². The molecule has 1 aromatic rings. The molecule has 1 rings (SSSR count). The molecule has 3 heteroatoms. The van der Waals surface area contributed by atoms with Crippen molar-refractivity contribution in [2.24, 2.45) is 0 Å². The van der Waals surface area contributed by atoms with Crippen molar-refractivity contribution in [2.45, 2.75) is 25.4 Å². The van der Waals surface area contributed by atoms with Gasteiger partial charge in [0.25, 0.3) is 0 Å². The molecule has 0 N–H and O–H groups in total. The second-order valence-corrected chi connectivity index (χ2v) is 9.25. The van der Waals surface area contributed by atoms with Gasteiger partial charge in [0.05, 0.1) is 8.07 Å². The zero-order chi connectivity index (χ0) is 9.19. The molecule has 0 aliphatic carbocycles. The summed E-state index contributed by atoms with van der Waals surface area (Å²) in [7, 11) is -1.70. The van der Waals surface area contributed by atoms with Crippen molar-refractivity contribution in [3.63, 3.8) is 0 Å². The van der Waals surface area contributed by atoms with Crippen LogP contribution in [0, 0.1) is 0 Å². The molecule has 0 amide bonds. The fourth-order valence-corrected chi connectivity index (χ4v) is 2.22. The van der Waals surface area contributed by atoms with Gasteiger partial charge in [-0.25, -0.2) is 4.39 Å². The minimum absolute atomic E-state index is 0.768. The van der Waals surface area contributed by atoms with E-state index < -0.39 is 13.9 Å². The van der Waals surface area contributed by atoms with Crippen LogP contribution in [0.2, 0.25) is 19.6 Å². The lowest BCUT2D eigenvalue weighted by Gasteiger charge is -2.21. The van der Waals surface area contributed by atoms with E-state index in [2.05, 4.69) is 4.98 Å². The molecule has 0 aliphatic heterocycles. The smallest absolute Gasteiger partial charge is 0.113 e. The minimum atomic E-state index is -1.70. The zero-order valence-corrected chi connectivity index (χ0v) is 8.71. The van der Waals surface area contributed by atoms with Crippen molar-refractivity contribution in [1.29, 1.82) is 0 Å². The normalized spacial score (nSPS) is 14.3. The maximum Gasteiger partial charge on any atom is 0.113 e. The van der Waals surface area contributed by atoms with Crippen LogP contribution in [0.4, 0.5) is 4.39 Å². The van der Waals surface area contributed by atoms with Crippen molar-refractivity contribution >= 4 is 8.07 Å². The predicted molar refractivity (Wildman–Crippen MR) is 51.4 cm³/mol. The van der Waals surface area contributed by atoms with E-state index in [1.807, 2.05) is 19.6 Å². The molecule has 66 valence electrons. The summed E-state index contributed by atoms with van der Waals surface area (Å²) in [5.74, 6) is -0.777. The molecule has 0 unspecified atom stereocenters. The quantitative estimate of drug-likeness (QED) is 0.642. The van der Waals surface area contributed by atoms with E-state index >= 15 is 0 Å². The Kier molecular flexibility index (Phi) is 2.62. The van der Waals surface area contributed by atoms with Gasteiger partial charge in [0.2, 0.25) is 0 Å². The van der Waals surface area contributed by atoms with Crippen LogP contribution in [0.3, 0.4) is 0 Å². The van der Waals surface area contributed by atoms with Crippen LogP contribution in [0.1, 0.15) is 11.4 Å². The standard InChI is InChI=1S/C9H14FNSi/c1-12(2,3)9(10)8-4-6-11-7-5-8/h4-7,9H,1-3H3/t9-/m1/s1. The highest BCUT2D eigenvalue weighted by molar-refractivity contribution is 6.77. The van der Waals surface area contributed by atoms with Crippen molar-refractivity contribution in [1.82, 2.24) is 4.98 Å². The van der Waals surface area contributed by atoms with Crippen LogP contribution in [0.5, 0.6) is 0 Å². The van der Waals surface area contributed by atoms with Gasteiger partial charge in [-0.05, 0) is 17.7 Å². The van der Waals surface area contributed by atoms with E-state index in [1.54, 1.807) is 24.5 Å². The molecule has 0 fully saturated rings. The summed E-state index contributed by atoms with van der Waals surface area (Å²) in [6.07, 6.45) is 3.28. The molecule has 0 bridgehead atoms. The topological polar surface area (TPSA) is 12.9 Å². The summed E-state index contributed by atoms with van der Waals surface area (Å²) < 4.78 is 13.7. The third kappa shape index (κ3) is 2.14. The summed E-state index contributed by atoms with van der Waals surface area (Å²) in [6.45, 7) is 6.08. The molecular formula is C9H14FNSi. The van der Waals surface area contributed by atoms with Gasteiger partial charge < -0.3 is 0 Å². The maximum absolute atomic E-state index is 13.7. The molecule has 1 atom stereocenters. The van der Waals surface area contributed by atoms with E-state index in [9.17, 15) is 4.39 Å². The molecule has 0 aromatic carbocycles. The summed E-state index contributed by atoms with van der Waals surface area (Å²) in [5, 5.41) is 0. The fraction of sp³-hybridized carbons (Fsp3) is 0.444. The van der Waals surface area contributed by atoms with E-state index in [-0.39, 0.29) is 0 Å². The van der Waals surface area contributed by atoms with Gasteiger partial charge in [-0.1, -0.05) is 19.6 Å². The number of nitrogens with zero attached hydrogens (tertiary/aromatic N) is 1. The van der Waals surface area contributed by atoms with Crippen molar-refractivity contribution in [3.8, 4) is 0 Å². The average molecular weight is 183 g/mol. The highest BCUT2D eigenvalue weighted by Crippen LogP contribution is 2.27. The number of alkyl halides is 1. The Labute approximate surface area is 73.7 Å². The van der Waals surface area contributed by atoms with Crippen LogP contribution >= 0.6 is 0 Å². The maximum atomic E-state index is 13.7. The van der Waals surface area contributed by atoms with Gasteiger partial charge in [-0.3, -0.25) is 4.98 Å². The number of halogens is 1. The molecule has 1 heterocycles. The Morgan fingerprint density at radius 2 is 1.75 bits per heavy atom. The number of pyridine rings is 1. The lowest BCUT2D eigenvalue weighted by atomic mass is 10.3. The first-order valence-electron chi connectivity index (χ1n) is 4.06. The number of rotatable bonds is 2. The summed E-state index contributed by atoms with van der Waals surface area (Å²) in [5.41, 5.74) is 0.768. The van der Waals surface area contributed by atoms with E-state index in [1.165, 1.54) is 0 Å². The molecule has 0 aliphatic rings. The van der Waals surface area contributed by atoms with Crippen molar-refractivity contribution in [2.75, 3.05) is 0 Å². The molecule has 0 saturated carbocycles. The van der Waals surface area contributed by atoms with E-state index in [4.69, 9.17) is 0 Å². The molecule has 12 heavy (non-hydrogen) atoms. The van der Waals surface area contributed by atoms with Crippen LogP contribution in [-0.2, 0) is 0 Å². The SMILES string of the molecule is C[Si](C)(C)[C@@H](F)c1ccncc1. The first-order chi connectivity index (χ1) is 5.52. The van der Waals surface area contributed by atoms with Crippen molar-refractivity contribution in [3.05, 3.63) is 30.1 Å². The molecule has 1 aromatic heterocycles. The number of aromatic nitrogens is 1. The first kappa shape index (κ1) is 9.39. The van der Waals surface area contributed by atoms with Gasteiger partial charge in [0, 0.05) is 12.4 Å². The molecule has 0 radical (unpaired) electrons. The second kappa shape index (κ2) is 3.35. The predicted octanol–water partition coefficient (Wildman–Crippen LogP) is 2.97. The zero-order valence-electron chi connectivity index (χ0n) is 7.71. The molecule has 1 nitrogen and oxygen atoms in total. The van der Waals surface area contributed by atoms with E-state index in [0.29, 0.717) is 0 Å². The Hall–Kier alpha value is -0.703. The lowest BCUT2D eigenvalue weighted by molar-refractivity contribution is 0.441. The highest BCUT2D eigenvalue weighted by Gasteiger charge is 2.27. The Morgan fingerprint density at radius 3 is 2.17 bits per heavy atom. The lowest BCUT2D eigenvalue weighted by Crippen LogP contribution is -2.27. The van der Waals surface area contributed by atoms with Gasteiger partial charge in [0.1, 0.15) is 5.79 Å². The third-order valence-electron chi connectivity index (χ3n) is 1.76. The van der Waals surface area contributed by atoms with Crippen molar-refractivity contribution < 1.29 is 4.39 Å². The first-order valence-corrected chi connectivity index (χ1v) is 7.63. The second-order valence-electron chi connectivity index (χ2n) is 4.01. The fourth-order valence-electron chi connectivity index (χ4n) is 1.03. The molecule has 0 spiro atoms. The number of hydrogen-bond acceptors (Lipinski definition) is 1. The minimum Gasteiger partial charge on any atom is -0.265 e. The highest BCUT2D eigenvalue weighted by atomic mass is 28.3. The van der Waals surface area contributed by atoms with Crippen LogP contribution in [0.25, 0.3) is 0 Å². The summed E-state index contributed by atoms with van der Waals surface area (Å²) >= 11 is 0. The Balaban J connectivity index is 2.86. The summed E-state index contributed by atoms with van der Waals surface area (Å²) in [6, 6.07) is 3.51. The van der Waals surface area contributed by atoms with Crippen LogP contribution in [0.15, 0.2) is 24.5 Å². The number of hydrogen-bond donors (Lipinski definition) is 0. The van der Waals surface area contributed by atoms with Gasteiger partial charge in [-0.2, -0.15) is 0 Å². The van der Waals surface area contributed by atoms with Crippen LogP contribution < -0.4 is 0 Å². The molecular weight excluding hydrogens is 169 g/mol. The molecule has 0 saturated heterocycles. The Bertz CT molecular complexity index is 242.